The van der Waals surface area contributed by atoms with Crippen molar-refractivity contribution in [1.82, 2.24) is 9.97 Å². The first-order chi connectivity index (χ1) is 7.99. The molecular weight excluding hydrogens is 246 g/mol. The number of benzene rings is 1. The van der Waals surface area contributed by atoms with Crippen molar-refractivity contribution in [2.24, 2.45) is 0 Å². The molecule has 0 aliphatic heterocycles. The molecule has 0 unspecified atom stereocenters. The Bertz CT molecular complexity index is 562. The molecule has 0 aliphatic rings. The van der Waals surface area contributed by atoms with Crippen LogP contribution in [0.25, 0.3) is 11.4 Å². The van der Waals surface area contributed by atoms with Crippen LogP contribution < -0.4 is 0 Å². The van der Waals surface area contributed by atoms with Crippen LogP contribution >= 0.6 is 11.6 Å². The summed E-state index contributed by atoms with van der Waals surface area (Å²) < 4.78 is 26.2. The number of aryl methyl sites for hydroxylation is 2. The molecule has 0 spiro atoms. The van der Waals surface area contributed by atoms with Crippen molar-refractivity contribution in [3.8, 4) is 11.4 Å². The first kappa shape index (κ1) is 11.9. The van der Waals surface area contributed by atoms with Gasteiger partial charge in [-0.25, -0.2) is 18.7 Å². The highest BCUT2D eigenvalue weighted by Crippen LogP contribution is 2.24. The summed E-state index contributed by atoms with van der Waals surface area (Å²) in [6.45, 7) is 3.24. The SMILES string of the molecule is Cc1cc(F)ccc1-c1nc(C)c(F)c(Cl)n1. The van der Waals surface area contributed by atoms with Gasteiger partial charge in [0.05, 0.1) is 5.69 Å². The van der Waals surface area contributed by atoms with Gasteiger partial charge in [0.25, 0.3) is 0 Å². The van der Waals surface area contributed by atoms with Gasteiger partial charge >= 0.3 is 0 Å². The van der Waals surface area contributed by atoms with Crippen molar-refractivity contribution in [2.75, 3.05) is 0 Å². The van der Waals surface area contributed by atoms with Gasteiger partial charge in [0, 0.05) is 5.56 Å². The van der Waals surface area contributed by atoms with Gasteiger partial charge in [-0.2, -0.15) is 0 Å². The third-order valence-electron chi connectivity index (χ3n) is 2.41. The first-order valence-corrected chi connectivity index (χ1v) is 5.33. The maximum atomic E-state index is 13.3. The zero-order valence-corrected chi connectivity index (χ0v) is 10.0. The monoisotopic (exact) mass is 254 g/mol. The Balaban J connectivity index is 2.61. The van der Waals surface area contributed by atoms with Crippen LogP contribution in [0.5, 0.6) is 0 Å². The van der Waals surface area contributed by atoms with Crippen molar-refractivity contribution >= 4 is 11.6 Å². The van der Waals surface area contributed by atoms with E-state index < -0.39 is 5.82 Å². The van der Waals surface area contributed by atoms with E-state index in [0.29, 0.717) is 17.0 Å². The highest BCUT2D eigenvalue weighted by molar-refractivity contribution is 6.29. The summed E-state index contributed by atoms with van der Waals surface area (Å²) in [6.07, 6.45) is 0. The molecule has 0 atom stereocenters. The molecule has 0 bridgehead atoms. The normalized spacial score (nSPS) is 10.6. The second kappa shape index (κ2) is 4.37. The maximum absolute atomic E-state index is 13.3. The highest BCUT2D eigenvalue weighted by Gasteiger charge is 2.12. The molecule has 1 aromatic heterocycles. The first-order valence-electron chi connectivity index (χ1n) is 4.95. The molecule has 1 heterocycles. The largest absolute Gasteiger partial charge is 0.230 e. The highest BCUT2D eigenvalue weighted by atomic mass is 35.5. The summed E-state index contributed by atoms with van der Waals surface area (Å²) in [6, 6.07) is 4.22. The number of rotatable bonds is 1. The topological polar surface area (TPSA) is 25.8 Å². The predicted molar refractivity (Wildman–Crippen MR) is 61.9 cm³/mol. The van der Waals surface area contributed by atoms with Crippen molar-refractivity contribution < 1.29 is 8.78 Å². The number of hydrogen-bond donors (Lipinski definition) is 0. The molecule has 5 heteroatoms. The molecule has 0 saturated heterocycles. The minimum Gasteiger partial charge on any atom is -0.230 e. The van der Waals surface area contributed by atoms with E-state index in [9.17, 15) is 8.78 Å². The van der Waals surface area contributed by atoms with Crippen LogP contribution in [0.2, 0.25) is 5.15 Å². The van der Waals surface area contributed by atoms with Crippen molar-refractivity contribution in [1.29, 1.82) is 0 Å². The van der Waals surface area contributed by atoms with Crippen LogP contribution in [0.3, 0.4) is 0 Å². The lowest BCUT2D eigenvalue weighted by molar-refractivity contribution is 0.603. The second-order valence-electron chi connectivity index (χ2n) is 3.70. The Morgan fingerprint density at radius 3 is 2.41 bits per heavy atom. The average Bonchev–Trinajstić information content (AvgIpc) is 2.25. The fourth-order valence-corrected chi connectivity index (χ4v) is 1.74. The van der Waals surface area contributed by atoms with E-state index in [1.165, 1.54) is 19.1 Å². The summed E-state index contributed by atoms with van der Waals surface area (Å²) in [4.78, 5) is 7.85. The van der Waals surface area contributed by atoms with Crippen molar-refractivity contribution in [3.05, 3.63) is 46.2 Å². The van der Waals surface area contributed by atoms with Gasteiger partial charge in [-0.15, -0.1) is 0 Å². The number of aromatic nitrogens is 2. The zero-order valence-electron chi connectivity index (χ0n) is 9.26. The molecule has 0 saturated carbocycles. The predicted octanol–water partition coefficient (Wildman–Crippen LogP) is 3.69. The van der Waals surface area contributed by atoms with E-state index in [4.69, 9.17) is 11.6 Å². The van der Waals surface area contributed by atoms with Gasteiger partial charge in [-0.05, 0) is 37.6 Å². The molecule has 0 amide bonds. The Kier molecular flexibility index (Phi) is 3.07. The number of halogens is 3. The lowest BCUT2D eigenvalue weighted by Crippen LogP contribution is -1.98. The molecule has 2 rings (SSSR count). The van der Waals surface area contributed by atoms with Crippen LogP contribution in [0.4, 0.5) is 8.78 Å². The third-order valence-corrected chi connectivity index (χ3v) is 2.66. The second-order valence-corrected chi connectivity index (χ2v) is 4.05. The van der Waals surface area contributed by atoms with Gasteiger partial charge in [0.1, 0.15) is 5.82 Å². The van der Waals surface area contributed by atoms with Crippen molar-refractivity contribution in [2.45, 2.75) is 13.8 Å². The quantitative estimate of drug-likeness (QED) is 0.726. The maximum Gasteiger partial charge on any atom is 0.181 e. The summed E-state index contributed by atoms with van der Waals surface area (Å²) in [5.41, 5.74) is 1.48. The third kappa shape index (κ3) is 2.26. The minimum atomic E-state index is -0.629. The fraction of sp³-hybridized carbons (Fsp3) is 0.167. The molecule has 0 fully saturated rings. The van der Waals surface area contributed by atoms with Gasteiger partial charge < -0.3 is 0 Å². The molecular formula is C12H9ClF2N2. The van der Waals surface area contributed by atoms with E-state index in [-0.39, 0.29) is 16.7 Å². The molecule has 17 heavy (non-hydrogen) atoms. The number of nitrogens with zero attached hydrogens (tertiary/aromatic N) is 2. The van der Waals surface area contributed by atoms with Gasteiger partial charge in [-0.1, -0.05) is 11.6 Å². The molecule has 2 aromatic rings. The molecule has 1 aromatic carbocycles. The molecule has 0 radical (unpaired) electrons. The Morgan fingerprint density at radius 1 is 1.12 bits per heavy atom. The molecule has 88 valence electrons. The van der Waals surface area contributed by atoms with Gasteiger partial charge in [-0.3, -0.25) is 0 Å². The molecule has 0 N–H and O–H groups in total. The van der Waals surface area contributed by atoms with Crippen molar-refractivity contribution in [3.63, 3.8) is 0 Å². The Morgan fingerprint density at radius 2 is 1.82 bits per heavy atom. The van der Waals surface area contributed by atoms with E-state index in [0.717, 1.165) is 0 Å². The minimum absolute atomic E-state index is 0.170. The van der Waals surface area contributed by atoms with Crippen LogP contribution in [-0.4, -0.2) is 9.97 Å². The molecule has 0 aliphatic carbocycles. The smallest absolute Gasteiger partial charge is 0.181 e. The lowest BCUT2D eigenvalue weighted by Gasteiger charge is -2.06. The number of hydrogen-bond acceptors (Lipinski definition) is 2. The van der Waals surface area contributed by atoms with Crippen LogP contribution in [0.15, 0.2) is 18.2 Å². The van der Waals surface area contributed by atoms with Gasteiger partial charge in [0.15, 0.2) is 16.8 Å². The summed E-state index contributed by atoms with van der Waals surface area (Å²) in [7, 11) is 0. The van der Waals surface area contributed by atoms with Crippen LogP contribution in [0, 0.1) is 25.5 Å². The van der Waals surface area contributed by atoms with E-state index >= 15 is 0 Å². The summed E-state index contributed by atoms with van der Waals surface area (Å²) >= 11 is 5.65. The van der Waals surface area contributed by atoms with Crippen LogP contribution in [0.1, 0.15) is 11.3 Å². The Hall–Kier alpha value is -1.55. The van der Waals surface area contributed by atoms with Crippen LogP contribution in [-0.2, 0) is 0 Å². The lowest BCUT2D eigenvalue weighted by atomic mass is 10.1. The summed E-state index contributed by atoms with van der Waals surface area (Å²) in [5.74, 6) is -0.669. The van der Waals surface area contributed by atoms with E-state index in [1.54, 1.807) is 13.0 Å². The standard InChI is InChI=1S/C12H9ClF2N2/c1-6-5-8(14)3-4-9(6)12-16-7(2)10(15)11(13)17-12/h3-5H,1-2H3. The zero-order chi connectivity index (χ0) is 12.6. The Labute approximate surface area is 102 Å². The molecule has 2 nitrogen and oxygen atoms in total. The average molecular weight is 255 g/mol. The van der Waals surface area contributed by atoms with E-state index in [1.807, 2.05) is 0 Å². The van der Waals surface area contributed by atoms with E-state index in [2.05, 4.69) is 9.97 Å². The van der Waals surface area contributed by atoms with Gasteiger partial charge in [0.2, 0.25) is 0 Å². The summed E-state index contributed by atoms with van der Waals surface area (Å²) in [5, 5.41) is -0.226. The fourth-order valence-electron chi connectivity index (χ4n) is 1.52.